The van der Waals surface area contributed by atoms with E-state index in [1.165, 1.54) is 0 Å². The van der Waals surface area contributed by atoms with Gasteiger partial charge < -0.3 is 5.11 Å². The van der Waals surface area contributed by atoms with Gasteiger partial charge in [0.1, 0.15) is 0 Å². The van der Waals surface area contributed by atoms with Crippen LogP contribution in [0.25, 0.3) is 0 Å². The molecule has 25 valence electrons. The molecule has 0 saturated heterocycles. The van der Waals surface area contributed by atoms with Crippen LogP contribution < -0.4 is 0 Å². The van der Waals surface area contributed by atoms with E-state index in [1.807, 2.05) is 0 Å². The van der Waals surface area contributed by atoms with Crippen molar-refractivity contribution in [3.05, 3.63) is 6.42 Å². The first kappa shape index (κ1) is 3.96. The van der Waals surface area contributed by atoms with E-state index in [-0.39, 0.29) is 6.61 Å². The monoisotopic (exact) mass is 59.0 g/mol. The van der Waals surface area contributed by atoms with Gasteiger partial charge in [0.05, 0.1) is 0 Å². The predicted octanol–water partition coefficient (Wildman–Crippen LogP) is 0.203. The highest BCUT2D eigenvalue weighted by Gasteiger charge is 1.58. The van der Waals surface area contributed by atoms with Crippen molar-refractivity contribution in [3.8, 4) is 0 Å². The fourth-order valence-electron chi connectivity index (χ4n) is 0. The maximum atomic E-state index is 7.82. The van der Waals surface area contributed by atoms with Gasteiger partial charge in [0.2, 0.25) is 0 Å². The molecule has 0 unspecified atom stereocenters. The molecule has 0 fully saturated rings. The molecular weight excluding hydrogens is 52.0 g/mol. The molecule has 0 amide bonds. The highest BCUT2D eigenvalue weighted by atomic mass is 16.2. The first-order valence-electron chi connectivity index (χ1n) is 1.30. The molecule has 0 aliphatic rings. The largest absolute Gasteiger partial charge is 0.396 e. The van der Waals surface area contributed by atoms with Crippen molar-refractivity contribution in [1.29, 1.82) is 0 Å². The second-order valence-corrected chi connectivity index (χ2v) is 0.591. The van der Waals surface area contributed by atoms with Crippen LogP contribution in [0.2, 0.25) is 0 Å². The summed E-state index contributed by atoms with van der Waals surface area (Å²) in [4.78, 5) is 0. The lowest BCUT2D eigenvalue weighted by Gasteiger charge is -1.68. The first-order valence-corrected chi connectivity index (χ1v) is 1.30. The van der Waals surface area contributed by atoms with Gasteiger partial charge in [-0.2, -0.15) is 0 Å². The Morgan fingerprint density at radius 1 is 2.00 bits per heavy atom. The van der Waals surface area contributed by atoms with E-state index in [2.05, 4.69) is 0 Å². The Kier molecular flexibility index (Phi) is 2.93. The van der Waals surface area contributed by atoms with Gasteiger partial charge in [-0.1, -0.05) is 6.92 Å². The normalized spacial score (nSPS) is 7.50. The minimum atomic E-state index is 0.194. The summed E-state index contributed by atoms with van der Waals surface area (Å²) in [5.74, 6) is 0. The van der Waals surface area contributed by atoms with Crippen LogP contribution >= 0.6 is 0 Å². The van der Waals surface area contributed by atoms with Crippen LogP contribution in [-0.2, 0) is 0 Å². The van der Waals surface area contributed by atoms with Crippen molar-refractivity contribution in [1.82, 2.24) is 0 Å². The average Bonchev–Trinajstić information content (AvgIpc) is 1.37. The van der Waals surface area contributed by atoms with Gasteiger partial charge in [0.25, 0.3) is 0 Å². The third-order valence-corrected chi connectivity index (χ3v) is 0.183. The van der Waals surface area contributed by atoms with Crippen molar-refractivity contribution in [3.63, 3.8) is 0 Å². The minimum Gasteiger partial charge on any atom is -0.396 e. The lowest BCUT2D eigenvalue weighted by molar-refractivity contribution is 0.328. The highest BCUT2D eigenvalue weighted by molar-refractivity contribution is 4.46. The molecule has 0 aromatic carbocycles. The van der Waals surface area contributed by atoms with Crippen molar-refractivity contribution in [2.24, 2.45) is 0 Å². The summed E-state index contributed by atoms with van der Waals surface area (Å²) < 4.78 is 0. The Bertz CT molecular complexity index is 5.25. The lowest BCUT2D eigenvalue weighted by atomic mass is 10.5. The van der Waals surface area contributed by atoms with Gasteiger partial charge >= 0.3 is 0 Å². The van der Waals surface area contributed by atoms with Crippen LogP contribution in [0.5, 0.6) is 0 Å². The van der Waals surface area contributed by atoms with Gasteiger partial charge in [-0.05, 0) is 6.42 Å². The molecule has 0 heterocycles. The van der Waals surface area contributed by atoms with E-state index in [9.17, 15) is 0 Å². The van der Waals surface area contributed by atoms with E-state index < -0.39 is 0 Å². The molecule has 0 rings (SSSR count). The summed E-state index contributed by atoms with van der Waals surface area (Å²) in [7, 11) is 0. The second-order valence-electron chi connectivity index (χ2n) is 0.591. The summed E-state index contributed by atoms with van der Waals surface area (Å²) in [6.45, 7) is 2.00. The van der Waals surface area contributed by atoms with Crippen LogP contribution in [0.4, 0.5) is 0 Å². The molecule has 1 N–H and O–H groups in total. The number of hydrogen-bond donors (Lipinski definition) is 1. The first-order chi connectivity index (χ1) is 1.91. The molecule has 1 nitrogen and oxygen atoms in total. The molecule has 0 aromatic rings. The molecule has 0 aliphatic heterocycles. The number of aliphatic hydroxyl groups excluding tert-OH is 1. The minimum absolute atomic E-state index is 0.194. The average molecular weight is 59.1 g/mol. The van der Waals surface area contributed by atoms with Gasteiger partial charge in [-0.3, -0.25) is 0 Å². The molecule has 0 aliphatic carbocycles. The molecule has 1 radical (unpaired) electrons. The van der Waals surface area contributed by atoms with Crippen LogP contribution in [0.3, 0.4) is 0 Å². The lowest BCUT2D eigenvalue weighted by Crippen LogP contribution is -1.71. The number of hydrogen-bond acceptors (Lipinski definition) is 1. The summed E-state index contributed by atoms with van der Waals surface area (Å²) in [5.41, 5.74) is 0. The number of aliphatic hydroxyl groups is 1. The van der Waals surface area contributed by atoms with E-state index in [0.717, 1.165) is 0 Å². The van der Waals surface area contributed by atoms with E-state index in [0.29, 0.717) is 0 Å². The summed E-state index contributed by atoms with van der Waals surface area (Å²) in [6, 6.07) is 0. The molecule has 0 aromatic heterocycles. The quantitative estimate of drug-likeness (QED) is 0.457. The van der Waals surface area contributed by atoms with E-state index >= 15 is 0 Å². The van der Waals surface area contributed by atoms with Crippen LogP contribution in [0.15, 0.2) is 0 Å². The molecule has 0 bridgehead atoms. The highest BCUT2D eigenvalue weighted by Crippen LogP contribution is 1.58. The zero-order valence-electron chi connectivity index (χ0n) is 2.73. The predicted molar refractivity (Wildman–Crippen MR) is 17.1 cm³/mol. The van der Waals surface area contributed by atoms with Gasteiger partial charge in [-0.25, -0.2) is 0 Å². The van der Waals surface area contributed by atoms with E-state index in [1.54, 1.807) is 13.3 Å². The molecular formula is C3H7O. The topological polar surface area (TPSA) is 20.2 Å². The third kappa shape index (κ3) is 1.96. The molecule has 4 heavy (non-hydrogen) atoms. The molecule has 0 saturated carbocycles. The Morgan fingerprint density at radius 3 is 2.25 bits per heavy atom. The van der Waals surface area contributed by atoms with Gasteiger partial charge in [-0.15, -0.1) is 0 Å². The van der Waals surface area contributed by atoms with Gasteiger partial charge in [0, 0.05) is 6.61 Å². The van der Waals surface area contributed by atoms with Crippen LogP contribution in [0, 0.1) is 6.42 Å². The Hall–Kier alpha value is -0.0400. The third-order valence-electron chi connectivity index (χ3n) is 0.183. The maximum Gasteiger partial charge on any atom is 0.0460 e. The molecule has 0 atom stereocenters. The smallest absolute Gasteiger partial charge is 0.0460 e. The zero-order chi connectivity index (χ0) is 3.41. The number of rotatable bonds is 1. The Balaban J connectivity index is 1.97. The van der Waals surface area contributed by atoms with Crippen molar-refractivity contribution in [2.45, 2.75) is 6.92 Å². The molecule has 1 heteroatoms. The summed E-state index contributed by atoms with van der Waals surface area (Å²) >= 11 is 0. The Morgan fingerprint density at radius 2 is 2.25 bits per heavy atom. The second kappa shape index (κ2) is 2.96. The fraction of sp³-hybridized carbons (Fsp3) is 0.667. The Labute approximate surface area is 26.3 Å². The summed E-state index contributed by atoms with van der Waals surface area (Å²) in [5, 5.41) is 7.82. The molecule has 0 spiro atoms. The standard InChI is InChI=1S/C3H7O/c1-2-3-4/h2,4H,3H2,1H3. The van der Waals surface area contributed by atoms with Crippen molar-refractivity contribution >= 4 is 0 Å². The van der Waals surface area contributed by atoms with Crippen LogP contribution in [-0.4, -0.2) is 11.7 Å². The van der Waals surface area contributed by atoms with Crippen LogP contribution in [0.1, 0.15) is 6.92 Å². The van der Waals surface area contributed by atoms with Crippen molar-refractivity contribution < 1.29 is 5.11 Å². The fourth-order valence-corrected chi connectivity index (χ4v) is 0. The van der Waals surface area contributed by atoms with Gasteiger partial charge in [0.15, 0.2) is 0 Å². The van der Waals surface area contributed by atoms with E-state index in [4.69, 9.17) is 5.11 Å². The van der Waals surface area contributed by atoms with Crippen molar-refractivity contribution in [2.75, 3.05) is 6.61 Å². The maximum absolute atomic E-state index is 7.82. The SMILES string of the molecule is C[CH]CO. The zero-order valence-corrected chi connectivity index (χ0v) is 2.73. The summed E-state index contributed by atoms with van der Waals surface area (Å²) in [6.07, 6.45) is 1.68.